The molecule has 0 amide bonds. The average molecular weight is 344 g/mol. The van der Waals surface area contributed by atoms with Gasteiger partial charge in [-0.3, -0.25) is 4.79 Å². The van der Waals surface area contributed by atoms with Crippen LogP contribution in [-0.4, -0.2) is 34.4 Å². The van der Waals surface area contributed by atoms with E-state index < -0.39 is 0 Å². The van der Waals surface area contributed by atoms with Crippen LogP contribution in [0.1, 0.15) is 23.5 Å². The summed E-state index contributed by atoms with van der Waals surface area (Å²) in [5, 5.41) is 0. The molecular formula is C19H20O6. The molecule has 0 unspecified atom stereocenters. The molecule has 6 nitrogen and oxygen atoms in total. The number of benzene rings is 2. The molecule has 0 N–H and O–H groups in total. The Hall–Kier alpha value is -2.89. The summed E-state index contributed by atoms with van der Waals surface area (Å²) in [6.07, 6.45) is 0.180. The zero-order valence-corrected chi connectivity index (χ0v) is 14.6. The Bertz CT molecular complexity index is 799. The largest absolute Gasteiger partial charge is 0.496 e. The summed E-state index contributed by atoms with van der Waals surface area (Å²) in [5.74, 6) is 1.89. The minimum Gasteiger partial charge on any atom is -0.496 e. The van der Waals surface area contributed by atoms with Crippen molar-refractivity contribution in [3.05, 3.63) is 41.5 Å². The monoisotopic (exact) mass is 344 g/mol. The zero-order valence-electron chi connectivity index (χ0n) is 14.6. The molecule has 1 aliphatic rings. The Labute approximate surface area is 146 Å². The third-order valence-corrected chi connectivity index (χ3v) is 4.29. The summed E-state index contributed by atoms with van der Waals surface area (Å²) in [5.41, 5.74) is 1.62. The number of fused-ring (bicyclic) bond motifs is 1. The second-order valence-electron chi connectivity index (χ2n) is 5.53. The highest BCUT2D eigenvalue weighted by atomic mass is 16.5. The molecule has 0 fully saturated rings. The third-order valence-electron chi connectivity index (χ3n) is 4.29. The molecule has 1 aliphatic heterocycles. The number of carbonyl (C=O) groups excluding carboxylic acids is 1. The van der Waals surface area contributed by atoms with Crippen molar-refractivity contribution in [1.82, 2.24) is 0 Å². The number of esters is 1. The molecule has 1 heterocycles. The Morgan fingerprint density at radius 3 is 2.24 bits per heavy atom. The van der Waals surface area contributed by atoms with Crippen molar-refractivity contribution < 1.29 is 28.5 Å². The fourth-order valence-electron chi connectivity index (χ4n) is 3.22. The smallest absolute Gasteiger partial charge is 0.312 e. The molecule has 132 valence electrons. The Morgan fingerprint density at radius 2 is 1.60 bits per heavy atom. The van der Waals surface area contributed by atoms with E-state index in [1.165, 1.54) is 7.11 Å². The van der Waals surface area contributed by atoms with E-state index in [-0.39, 0.29) is 18.3 Å². The molecule has 0 bridgehead atoms. The van der Waals surface area contributed by atoms with Crippen molar-refractivity contribution in [1.29, 1.82) is 0 Å². The predicted molar refractivity (Wildman–Crippen MR) is 91.2 cm³/mol. The average Bonchev–Trinajstić information content (AvgIpc) is 2.65. The van der Waals surface area contributed by atoms with Gasteiger partial charge in [-0.1, -0.05) is 18.2 Å². The second-order valence-corrected chi connectivity index (χ2v) is 5.53. The van der Waals surface area contributed by atoms with Crippen LogP contribution >= 0.6 is 0 Å². The SMILES string of the molecule is COc1ccccc1[C@H]1CC(=O)Oc2cc(OC)c(OC)c(OC)c21. The van der Waals surface area contributed by atoms with Crippen LogP contribution in [-0.2, 0) is 4.79 Å². The van der Waals surface area contributed by atoms with E-state index in [4.69, 9.17) is 23.7 Å². The molecule has 3 rings (SSSR count). The van der Waals surface area contributed by atoms with Crippen molar-refractivity contribution in [3.8, 4) is 28.7 Å². The van der Waals surface area contributed by atoms with Crippen molar-refractivity contribution >= 4 is 5.97 Å². The van der Waals surface area contributed by atoms with Crippen LogP contribution < -0.4 is 23.7 Å². The number of hydrogen-bond donors (Lipinski definition) is 0. The van der Waals surface area contributed by atoms with Gasteiger partial charge in [-0.15, -0.1) is 0 Å². The van der Waals surface area contributed by atoms with Crippen LogP contribution in [0.3, 0.4) is 0 Å². The van der Waals surface area contributed by atoms with E-state index in [1.54, 1.807) is 27.4 Å². The van der Waals surface area contributed by atoms with Crippen LogP contribution in [0.15, 0.2) is 30.3 Å². The maximum Gasteiger partial charge on any atom is 0.312 e. The number of ether oxygens (including phenoxy) is 5. The van der Waals surface area contributed by atoms with Gasteiger partial charge in [0.15, 0.2) is 11.5 Å². The maximum atomic E-state index is 12.2. The van der Waals surface area contributed by atoms with E-state index in [0.717, 1.165) is 11.1 Å². The van der Waals surface area contributed by atoms with Crippen LogP contribution in [0, 0.1) is 0 Å². The molecule has 2 aromatic rings. The van der Waals surface area contributed by atoms with Gasteiger partial charge in [0.25, 0.3) is 0 Å². The first-order chi connectivity index (χ1) is 12.1. The van der Waals surface area contributed by atoms with E-state index in [9.17, 15) is 4.79 Å². The van der Waals surface area contributed by atoms with Crippen LogP contribution in [0.2, 0.25) is 0 Å². The van der Waals surface area contributed by atoms with Crippen molar-refractivity contribution in [2.75, 3.05) is 28.4 Å². The Balaban J connectivity index is 2.28. The molecule has 0 aromatic heterocycles. The first-order valence-corrected chi connectivity index (χ1v) is 7.81. The van der Waals surface area contributed by atoms with Gasteiger partial charge in [0.2, 0.25) is 5.75 Å². The summed E-state index contributed by atoms with van der Waals surface area (Å²) in [7, 11) is 6.21. The molecule has 1 atom stereocenters. The molecule has 6 heteroatoms. The topological polar surface area (TPSA) is 63.2 Å². The fraction of sp³-hybridized carbons (Fsp3) is 0.316. The van der Waals surface area contributed by atoms with Gasteiger partial charge in [-0.05, 0) is 6.07 Å². The quantitative estimate of drug-likeness (QED) is 0.613. The first-order valence-electron chi connectivity index (χ1n) is 7.81. The van der Waals surface area contributed by atoms with Crippen LogP contribution in [0.25, 0.3) is 0 Å². The van der Waals surface area contributed by atoms with Crippen molar-refractivity contribution in [3.63, 3.8) is 0 Å². The molecular weight excluding hydrogens is 324 g/mol. The summed E-state index contributed by atoms with van der Waals surface area (Å²) < 4.78 is 27.3. The van der Waals surface area contributed by atoms with Gasteiger partial charge >= 0.3 is 5.97 Å². The lowest BCUT2D eigenvalue weighted by atomic mass is 9.85. The van der Waals surface area contributed by atoms with Crippen LogP contribution in [0.4, 0.5) is 0 Å². The molecule has 0 spiro atoms. The zero-order chi connectivity index (χ0) is 18.0. The molecule has 0 saturated carbocycles. The maximum absolute atomic E-state index is 12.2. The highest BCUT2D eigenvalue weighted by Gasteiger charge is 2.36. The Kier molecular flexibility index (Phi) is 4.70. The highest BCUT2D eigenvalue weighted by Crippen LogP contribution is 2.53. The minimum absolute atomic E-state index is 0.180. The number of hydrogen-bond acceptors (Lipinski definition) is 6. The lowest BCUT2D eigenvalue weighted by Crippen LogP contribution is -2.22. The normalized spacial score (nSPS) is 15.8. The lowest BCUT2D eigenvalue weighted by Gasteiger charge is -2.29. The van der Waals surface area contributed by atoms with Gasteiger partial charge < -0.3 is 23.7 Å². The number of carbonyl (C=O) groups is 1. The van der Waals surface area contributed by atoms with E-state index in [0.29, 0.717) is 28.7 Å². The molecule has 0 aliphatic carbocycles. The number of rotatable bonds is 5. The summed E-state index contributed by atoms with van der Waals surface area (Å²) in [6.45, 7) is 0. The van der Waals surface area contributed by atoms with Gasteiger partial charge in [-0.2, -0.15) is 0 Å². The summed E-state index contributed by atoms with van der Waals surface area (Å²) in [6, 6.07) is 9.24. The molecule has 25 heavy (non-hydrogen) atoms. The van der Waals surface area contributed by atoms with Gasteiger partial charge in [0, 0.05) is 23.1 Å². The van der Waals surface area contributed by atoms with E-state index >= 15 is 0 Å². The number of methoxy groups -OCH3 is 4. The molecule has 2 aromatic carbocycles. The Morgan fingerprint density at radius 1 is 0.920 bits per heavy atom. The predicted octanol–water partition coefficient (Wildman–Crippen LogP) is 3.16. The van der Waals surface area contributed by atoms with Gasteiger partial charge in [0.1, 0.15) is 11.5 Å². The minimum atomic E-state index is -0.322. The fourth-order valence-corrected chi connectivity index (χ4v) is 3.22. The van der Waals surface area contributed by atoms with Crippen molar-refractivity contribution in [2.24, 2.45) is 0 Å². The number of para-hydroxylation sites is 1. The summed E-state index contributed by atoms with van der Waals surface area (Å²) in [4.78, 5) is 12.2. The molecule has 0 radical (unpaired) electrons. The standard InChI is InChI=1S/C19H20O6/c1-21-13-8-6-5-7-11(13)12-9-16(20)25-14-10-15(22-2)18(23-3)19(24-4)17(12)14/h5-8,10,12H,9H2,1-4H3/t12-/m1/s1. The lowest BCUT2D eigenvalue weighted by molar-refractivity contribution is -0.135. The highest BCUT2D eigenvalue weighted by molar-refractivity contribution is 5.81. The van der Waals surface area contributed by atoms with E-state index in [2.05, 4.69) is 0 Å². The van der Waals surface area contributed by atoms with Gasteiger partial charge in [0.05, 0.1) is 34.9 Å². The van der Waals surface area contributed by atoms with E-state index in [1.807, 2.05) is 24.3 Å². The second kappa shape index (κ2) is 6.93. The van der Waals surface area contributed by atoms with Crippen LogP contribution in [0.5, 0.6) is 28.7 Å². The summed E-state index contributed by atoms with van der Waals surface area (Å²) >= 11 is 0. The van der Waals surface area contributed by atoms with Crippen molar-refractivity contribution in [2.45, 2.75) is 12.3 Å². The van der Waals surface area contributed by atoms with Gasteiger partial charge in [-0.25, -0.2) is 0 Å². The molecule has 0 saturated heterocycles. The third kappa shape index (κ3) is 2.84. The first kappa shape index (κ1) is 17.0.